The van der Waals surface area contributed by atoms with E-state index in [-0.39, 0.29) is 0 Å². The first-order valence-corrected chi connectivity index (χ1v) is 7.15. The minimum absolute atomic E-state index is 0.421. The number of anilines is 2. The Balaban J connectivity index is 2.18. The number of hydrogen-bond acceptors (Lipinski definition) is 4. The minimum Gasteiger partial charge on any atom is -0.365 e. The lowest BCUT2D eigenvalue weighted by Crippen LogP contribution is -2.35. The molecule has 0 unspecified atom stereocenters. The molecular formula is C12H18ClN5S. The average molecular weight is 300 g/mol. The van der Waals surface area contributed by atoms with Crippen LogP contribution < -0.4 is 15.5 Å². The van der Waals surface area contributed by atoms with Crippen LogP contribution in [0.5, 0.6) is 0 Å². The second-order valence-corrected chi connectivity index (χ2v) is 5.57. The molecule has 7 heteroatoms. The molecule has 1 aliphatic rings. The van der Waals surface area contributed by atoms with Gasteiger partial charge in [-0.3, -0.25) is 0 Å². The average Bonchev–Trinajstić information content (AvgIpc) is 2.38. The summed E-state index contributed by atoms with van der Waals surface area (Å²) in [6.07, 6.45) is 2.45. The van der Waals surface area contributed by atoms with Crippen LogP contribution in [-0.4, -0.2) is 35.2 Å². The number of rotatable bonds is 2. The van der Waals surface area contributed by atoms with Gasteiger partial charge in [-0.1, -0.05) is 18.5 Å². The highest BCUT2D eigenvalue weighted by Gasteiger charge is 2.18. The number of nitrogens with one attached hydrogen (secondary N) is 2. The van der Waals surface area contributed by atoms with Crippen LogP contribution in [-0.2, 0) is 0 Å². The van der Waals surface area contributed by atoms with E-state index in [2.05, 4.69) is 32.4 Å². The second-order valence-electron chi connectivity index (χ2n) is 4.77. The van der Waals surface area contributed by atoms with Crippen molar-refractivity contribution in [1.29, 1.82) is 0 Å². The first-order chi connectivity index (χ1) is 9.08. The van der Waals surface area contributed by atoms with Gasteiger partial charge >= 0.3 is 0 Å². The van der Waals surface area contributed by atoms with E-state index in [4.69, 9.17) is 23.8 Å². The largest absolute Gasteiger partial charge is 0.365 e. The molecule has 1 fully saturated rings. The number of thiocarbonyl (C=S) groups is 1. The normalized spacial score (nSPS) is 19.1. The van der Waals surface area contributed by atoms with Crippen LogP contribution in [0.1, 0.15) is 19.8 Å². The lowest BCUT2D eigenvalue weighted by Gasteiger charge is -2.32. The van der Waals surface area contributed by atoms with Gasteiger partial charge in [-0.05, 0) is 31.0 Å². The van der Waals surface area contributed by atoms with Crippen molar-refractivity contribution in [3.05, 3.63) is 11.2 Å². The van der Waals surface area contributed by atoms with Crippen LogP contribution in [0.2, 0.25) is 5.15 Å². The van der Waals surface area contributed by atoms with E-state index in [0.717, 1.165) is 18.9 Å². The van der Waals surface area contributed by atoms with Gasteiger partial charge in [0.25, 0.3) is 0 Å². The molecule has 0 bridgehead atoms. The lowest BCUT2D eigenvalue weighted by molar-refractivity contribution is 0.444. The van der Waals surface area contributed by atoms with Crippen molar-refractivity contribution in [2.75, 3.05) is 30.4 Å². The van der Waals surface area contributed by atoms with Gasteiger partial charge < -0.3 is 15.5 Å². The molecule has 19 heavy (non-hydrogen) atoms. The topological polar surface area (TPSA) is 53.1 Å². The molecule has 1 aromatic heterocycles. The highest BCUT2D eigenvalue weighted by atomic mass is 35.5. The summed E-state index contributed by atoms with van der Waals surface area (Å²) in [5.41, 5.74) is 0. The zero-order chi connectivity index (χ0) is 13.8. The van der Waals surface area contributed by atoms with Gasteiger partial charge in [0, 0.05) is 26.2 Å². The Kier molecular flexibility index (Phi) is 4.76. The third-order valence-corrected chi connectivity index (χ3v) is 3.61. The van der Waals surface area contributed by atoms with Crippen LogP contribution >= 0.6 is 23.8 Å². The lowest BCUT2D eigenvalue weighted by atomic mass is 10.0. The molecule has 1 aromatic rings. The SMILES string of the molecule is CNC(=S)Nc1nc(Cl)cc(N2CCC[C@@H](C)C2)n1. The zero-order valence-electron chi connectivity index (χ0n) is 11.1. The van der Waals surface area contributed by atoms with Gasteiger partial charge in [-0.2, -0.15) is 4.98 Å². The van der Waals surface area contributed by atoms with E-state index >= 15 is 0 Å². The van der Waals surface area contributed by atoms with Crippen LogP contribution in [0.3, 0.4) is 0 Å². The summed E-state index contributed by atoms with van der Waals surface area (Å²) < 4.78 is 0. The summed E-state index contributed by atoms with van der Waals surface area (Å²) in [5.74, 6) is 1.96. The van der Waals surface area contributed by atoms with E-state index in [1.54, 1.807) is 13.1 Å². The van der Waals surface area contributed by atoms with Crippen LogP contribution in [0.15, 0.2) is 6.07 Å². The molecule has 1 saturated heterocycles. The van der Waals surface area contributed by atoms with Crippen molar-refractivity contribution < 1.29 is 0 Å². The third-order valence-electron chi connectivity index (χ3n) is 3.11. The fraction of sp³-hybridized carbons (Fsp3) is 0.583. The molecule has 0 amide bonds. The Labute approximate surface area is 123 Å². The summed E-state index contributed by atoms with van der Waals surface area (Å²) in [4.78, 5) is 10.8. The predicted octanol–water partition coefficient (Wildman–Crippen LogP) is 2.28. The van der Waals surface area contributed by atoms with Crippen LogP contribution in [0.25, 0.3) is 0 Å². The van der Waals surface area contributed by atoms with Crippen molar-refractivity contribution in [3.8, 4) is 0 Å². The zero-order valence-corrected chi connectivity index (χ0v) is 12.7. The van der Waals surface area contributed by atoms with E-state index in [1.807, 2.05) is 0 Å². The molecule has 2 heterocycles. The fourth-order valence-corrected chi connectivity index (χ4v) is 2.45. The molecule has 0 saturated carbocycles. The highest BCUT2D eigenvalue weighted by Crippen LogP contribution is 2.24. The Morgan fingerprint density at radius 2 is 2.32 bits per heavy atom. The monoisotopic (exact) mass is 299 g/mol. The van der Waals surface area contributed by atoms with Crippen LogP contribution in [0.4, 0.5) is 11.8 Å². The van der Waals surface area contributed by atoms with E-state index in [0.29, 0.717) is 22.1 Å². The number of piperidine rings is 1. The number of aromatic nitrogens is 2. The standard InChI is InChI=1S/C12H18ClN5S/c1-8-4-3-5-18(7-8)10-6-9(13)15-11(16-10)17-12(19)14-2/h6,8H,3-5,7H2,1-2H3,(H2,14,15,16,17,19)/t8-/m1/s1. The fourth-order valence-electron chi connectivity index (χ4n) is 2.19. The molecule has 104 valence electrons. The Bertz CT molecular complexity index is 467. The van der Waals surface area contributed by atoms with Crippen LogP contribution in [0, 0.1) is 5.92 Å². The molecule has 1 atom stereocenters. The second kappa shape index (κ2) is 6.34. The molecule has 5 nitrogen and oxygen atoms in total. The summed E-state index contributed by atoms with van der Waals surface area (Å²) in [6.45, 7) is 4.26. The summed E-state index contributed by atoms with van der Waals surface area (Å²) >= 11 is 11.1. The molecule has 0 aromatic carbocycles. The number of hydrogen-bond donors (Lipinski definition) is 2. The van der Waals surface area contributed by atoms with E-state index in [9.17, 15) is 0 Å². The molecular weight excluding hydrogens is 282 g/mol. The molecule has 2 rings (SSSR count). The smallest absolute Gasteiger partial charge is 0.232 e. The summed E-state index contributed by atoms with van der Waals surface area (Å²) in [5, 5.41) is 6.63. The van der Waals surface area contributed by atoms with Crippen molar-refractivity contribution in [2.45, 2.75) is 19.8 Å². The molecule has 0 radical (unpaired) electrons. The van der Waals surface area contributed by atoms with Crippen molar-refractivity contribution in [1.82, 2.24) is 15.3 Å². The Morgan fingerprint density at radius 1 is 1.53 bits per heavy atom. The Hall–Kier alpha value is -1.14. The van der Waals surface area contributed by atoms with E-state index in [1.165, 1.54) is 12.8 Å². The number of nitrogens with zero attached hydrogens (tertiary/aromatic N) is 3. The summed E-state index contributed by atoms with van der Waals surface area (Å²) in [7, 11) is 1.74. The highest BCUT2D eigenvalue weighted by molar-refractivity contribution is 7.80. The van der Waals surface area contributed by atoms with Gasteiger partial charge in [-0.25, -0.2) is 4.98 Å². The van der Waals surface area contributed by atoms with E-state index < -0.39 is 0 Å². The predicted molar refractivity (Wildman–Crippen MR) is 82.9 cm³/mol. The van der Waals surface area contributed by atoms with Crippen molar-refractivity contribution >= 4 is 40.7 Å². The maximum atomic E-state index is 6.05. The third kappa shape index (κ3) is 3.91. The molecule has 0 aliphatic carbocycles. The Morgan fingerprint density at radius 3 is 3.00 bits per heavy atom. The van der Waals surface area contributed by atoms with Crippen molar-refractivity contribution in [2.24, 2.45) is 5.92 Å². The first kappa shape index (κ1) is 14.3. The maximum absolute atomic E-state index is 6.05. The minimum atomic E-state index is 0.421. The molecule has 2 N–H and O–H groups in total. The maximum Gasteiger partial charge on any atom is 0.232 e. The van der Waals surface area contributed by atoms with Gasteiger partial charge in [0.05, 0.1) is 0 Å². The van der Waals surface area contributed by atoms with Gasteiger partial charge in [-0.15, -0.1) is 0 Å². The van der Waals surface area contributed by atoms with Crippen molar-refractivity contribution in [3.63, 3.8) is 0 Å². The van der Waals surface area contributed by atoms with Gasteiger partial charge in [0.2, 0.25) is 5.95 Å². The van der Waals surface area contributed by atoms with Gasteiger partial charge in [0.15, 0.2) is 5.11 Å². The molecule has 0 spiro atoms. The first-order valence-electron chi connectivity index (χ1n) is 6.36. The summed E-state index contributed by atoms with van der Waals surface area (Å²) in [6, 6.07) is 1.80. The number of halogens is 1. The quantitative estimate of drug-likeness (QED) is 0.645. The van der Waals surface area contributed by atoms with Gasteiger partial charge in [0.1, 0.15) is 11.0 Å². The molecule has 1 aliphatic heterocycles.